The maximum Gasteiger partial charge on any atom is 0.488 e. The van der Waals surface area contributed by atoms with E-state index in [2.05, 4.69) is 12.6 Å². The van der Waals surface area contributed by atoms with Crippen LogP contribution in [-0.2, 0) is 0 Å². The molecule has 2 aromatic rings. The van der Waals surface area contributed by atoms with E-state index in [1.54, 1.807) is 17.5 Å². The predicted octanol–water partition coefficient (Wildman–Crippen LogP) is 1.52. The summed E-state index contributed by atoms with van der Waals surface area (Å²) in [5.41, 5.74) is 0.431. The number of benzene rings is 1. The van der Waals surface area contributed by atoms with Crippen molar-refractivity contribution in [1.82, 2.24) is 0 Å². The van der Waals surface area contributed by atoms with Gasteiger partial charge in [0.05, 0.1) is 5.02 Å². The standard InChI is InChI=1S/C8H6BClO2S2/c10-5-3-14-7-2-4(9(11)12)1-6(13)8(5)7/h1-3,11-13H. The van der Waals surface area contributed by atoms with Gasteiger partial charge in [0.1, 0.15) is 0 Å². The molecule has 0 bridgehead atoms. The zero-order valence-electron chi connectivity index (χ0n) is 6.94. The maximum absolute atomic E-state index is 9.01. The second-order valence-electron chi connectivity index (χ2n) is 2.87. The van der Waals surface area contributed by atoms with Gasteiger partial charge in [0, 0.05) is 20.4 Å². The van der Waals surface area contributed by atoms with E-state index in [1.807, 2.05) is 0 Å². The molecule has 0 fully saturated rings. The van der Waals surface area contributed by atoms with E-state index >= 15 is 0 Å². The zero-order chi connectivity index (χ0) is 10.3. The Morgan fingerprint density at radius 3 is 2.71 bits per heavy atom. The highest BCUT2D eigenvalue weighted by Gasteiger charge is 2.15. The number of thiophene rings is 1. The molecule has 1 aromatic heterocycles. The van der Waals surface area contributed by atoms with Gasteiger partial charge in [-0.25, -0.2) is 0 Å². The second-order valence-corrected chi connectivity index (χ2v) is 4.67. The van der Waals surface area contributed by atoms with Crippen LogP contribution in [0.4, 0.5) is 0 Å². The third kappa shape index (κ3) is 1.66. The number of hydrogen-bond donors (Lipinski definition) is 3. The summed E-state index contributed by atoms with van der Waals surface area (Å²) in [4.78, 5) is 0.664. The summed E-state index contributed by atoms with van der Waals surface area (Å²) in [5, 5.41) is 21.3. The molecule has 6 heteroatoms. The summed E-state index contributed by atoms with van der Waals surface area (Å²) >= 11 is 11.7. The van der Waals surface area contributed by atoms with Crippen molar-refractivity contribution in [1.29, 1.82) is 0 Å². The topological polar surface area (TPSA) is 40.5 Å². The molecule has 0 spiro atoms. The van der Waals surface area contributed by atoms with Gasteiger partial charge < -0.3 is 10.0 Å². The Balaban J connectivity index is 2.74. The van der Waals surface area contributed by atoms with Crippen molar-refractivity contribution in [2.75, 3.05) is 0 Å². The lowest BCUT2D eigenvalue weighted by molar-refractivity contribution is 0.426. The first-order valence-electron chi connectivity index (χ1n) is 3.85. The van der Waals surface area contributed by atoms with Crippen molar-refractivity contribution in [3.63, 3.8) is 0 Å². The number of thiol groups is 1. The van der Waals surface area contributed by atoms with Crippen LogP contribution in [0.25, 0.3) is 10.1 Å². The van der Waals surface area contributed by atoms with Gasteiger partial charge in [-0.3, -0.25) is 0 Å². The van der Waals surface area contributed by atoms with Gasteiger partial charge >= 0.3 is 7.12 Å². The Hall–Kier alpha value is -0.195. The molecule has 0 saturated heterocycles. The van der Waals surface area contributed by atoms with Gasteiger partial charge in [-0.2, -0.15) is 0 Å². The summed E-state index contributed by atoms with van der Waals surface area (Å²) in [6.07, 6.45) is 0. The van der Waals surface area contributed by atoms with Gasteiger partial charge in [-0.1, -0.05) is 11.6 Å². The molecule has 14 heavy (non-hydrogen) atoms. The van der Waals surface area contributed by atoms with Crippen LogP contribution in [0, 0.1) is 0 Å². The van der Waals surface area contributed by atoms with Crippen molar-refractivity contribution < 1.29 is 10.0 Å². The first-order valence-corrected chi connectivity index (χ1v) is 5.56. The molecule has 0 aliphatic heterocycles. The molecule has 2 nitrogen and oxygen atoms in total. The fraction of sp³-hybridized carbons (Fsp3) is 0. The number of fused-ring (bicyclic) bond motifs is 1. The highest BCUT2D eigenvalue weighted by Crippen LogP contribution is 2.33. The Bertz CT molecular complexity index is 483. The minimum atomic E-state index is -1.47. The van der Waals surface area contributed by atoms with E-state index in [9.17, 15) is 0 Å². The molecule has 1 heterocycles. The van der Waals surface area contributed by atoms with Gasteiger partial charge in [0.15, 0.2) is 0 Å². The van der Waals surface area contributed by atoms with Crippen molar-refractivity contribution in [3.8, 4) is 0 Å². The van der Waals surface area contributed by atoms with Crippen LogP contribution in [0.15, 0.2) is 22.4 Å². The first kappa shape index (κ1) is 10.3. The Morgan fingerprint density at radius 1 is 1.36 bits per heavy atom. The molecule has 0 radical (unpaired) electrons. The van der Waals surface area contributed by atoms with Crippen molar-refractivity contribution >= 4 is 58.2 Å². The van der Waals surface area contributed by atoms with Crippen LogP contribution in [0.5, 0.6) is 0 Å². The summed E-state index contributed by atoms with van der Waals surface area (Å²) in [6, 6.07) is 3.31. The van der Waals surface area contributed by atoms with Gasteiger partial charge in [-0.05, 0) is 17.6 Å². The molecule has 0 unspecified atom stereocenters. The highest BCUT2D eigenvalue weighted by molar-refractivity contribution is 7.80. The largest absolute Gasteiger partial charge is 0.488 e. The summed E-state index contributed by atoms with van der Waals surface area (Å²) in [5.74, 6) is 0. The number of rotatable bonds is 1. The fourth-order valence-electron chi connectivity index (χ4n) is 1.28. The summed E-state index contributed by atoms with van der Waals surface area (Å²) in [6.45, 7) is 0. The third-order valence-corrected chi connectivity index (χ3v) is 3.64. The molecule has 0 aliphatic rings. The molecule has 0 saturated carbocycles. The van der Waals surface area contributed by atoms with E-state index in [1.165, 1.54) is 11.3 Å². The van der Waals surface area contributed by atoms with Gasteiger partial charge in [0.25, 0.3) is 0 Å². The van der Waals surface area contributed by atoms with E-state index < -0.39 is 7.12 Å². The quantitative estimate of drug-likeness (QED) is 0.526. The number of halogens is 1. The van der Waals surface area contributed by atoms with Crippen LogP contribution < -0.4 is 5.46 Å². The van der Waals surface area contributed by atoms with Crippen molar-refractivity contribution in [2.45, 2.75) is 4.90 Å². The normalized spacial score (nSPS) is 10.9. The van der Waals surface area contributed by atoms with E-state index in [4.69, 9.17) is 21.6 Å². The monoisotopic (exact) mass is 244 g/mol. The lowest BCUT2D eigenvalue weighted by Crippen LogP contribution is -2.29. The molecule has 2 rings (SSSR count). The molecule has 0 amide bonds. The lowest BCUT2D eigenvalue weighted by Gasteiger charge is -2.02. The SMILES string of the molecule is OB(O)c1cc(S)c2c(Cl)csc2c1. The third-order valence-electron chi connectivity index (χ3n) is 1.93. The molecular weight excluding hydrogens is 238 g/mol. The smallest absolute Gasteiger partial charge is 0.423 e. The van der Waals surface area contributed by atoms with Gasteiger partial charge in [0.2, 0.25) is 0 Å². The molecule has 0 atom stereocenters. The molecule has 0 aliphatic carbocycles. The minimum Gasteiger partial charge on any atom is -0.423 e. The van der Waals surface area contributed by atoms with Gasteiger partial charge in [-0.15, -0.1) is 24.0 Å². The molecule has 72 valence electrons. The zero-order valence-corrected chi connectivity index (χ0v) is 9.40. The minimum absolute atomic E-state index is 0.431. The first-order chi connectivity index (χ1) is 6.59. The maximum atomic E-state index is 9.01. The predicted molar refractivity (Wildman–Crippen MR) is 63.9 cm³/mol. The van der Waals surface area contributed by atoms with Crippen LogP contribution >= 0.6 is 35.6 Å². The fourth-order valence-corrected chi connectivity index (χ4v) is 3.09. The highest BCUT2D eigenvalue weighted by atomic mass is 35.5. The van der Waals surface area contributed by atoms with Crippen LogP contribution in [-0.4, -0.2) is 17.2 Å². The second kappa shape index (κ2) is 3.75. The Morgan fingerprint density at radius 2 is 2.07 bits per heavy atom. The number of hydrogen-bond acceptors (Lipinski definition) is 4. The summed E-state index contributed by atoms with van der Waals surface area (Å²) < 4.78 is 0.908. The van der Waals surface area contributed by atoms with Crippen molar-refractivity contribution in [2.24, 2.45) is 0 Å². The lowest BCUT2D eigenvalue weighted by atomic mass is 9.80. The summed E-state index contributed by atoms with van der Waals surface area (Å²) in [7, 11) is -1.47. The van der Waals surface area contributed by atoms with Crippen LogP contribution in [0.1, 0.15) is 0 Å². The van der Waals surface area contributed by atoms with E-state index in [0.29, 0.717) is 15.4 Å². The molecule has 1 aromatic carbocycles. The molecule has 2 N–H and O–H groups in total. The van der Waals surface area contributed by atoms with Crippen LogP contribution in [0.2, 0.25) is 5.02 Å². The average Bonchev–Trinajstić information content (AvgIpc) is 2.48. The van der Waals surface area contributed by atoms with E-state index in [-0.39, 0.29) is 0 Å². The Kier molecular flexibility index (Phi) is 2.77. The van der Waals surface area contributed by atoms with E-state index in [0.717, 1.165) is 10.1 Å². The molecular formula is C8H6BClO2S2. The average molecular weight is 245 g/mol. The Labute approximate surface area is 95.7 Å². The van der Waals surface area contributed by atoms with Crippen molar-refractivity contribution in [3.05, 3.63) is 22.5 Å². The van der Waals surface area contributed by atoms with Crippen LogP contribution in [0.3, 0.4) is 0 Å².